The normalized spacial score (nSPS) is 13.7. The Hall–Kier alpha value is -0.150. The summed E-state index contributed by atoms with van der Waals surface area (Å²) in [6.07, 6.45) is 4.67. The number of hydrogen-bond acceptors (Lipinski definition) is 4. The molecular weight excluding hydrogens is 227 g/mol. The molecule has 0 bridgehead atoms. The number of hydrogen-bond donors (Lipinski definition) is 1. The van der Waals surface area contributed by atoms with Crippen LogP contribution in [0.4, 0.5) is 0 Å². The highest BCUT2D eigenvalue weighted by Crippen LogP contribution is 2.52. The van der Waals surface area contributed by atoms with E-state index in [9.17, 15) is 9.67 Å². The zero-order valence-corrected chi connectivity index (χ0v) is 11.1. The first-order valence-corrected chi connectivity index (χ1v) is 7.41. The molecule has 16 heavy (non-hydrogen) atoms. The lowest BCUT2D eigenvalue weighted by Crippen LogP contribution is -2.11. The lowest BCUT2D eigenvalue weighted by molar-refractivity contribution is 0.156. The molecule has 0 aliphatic rings. The predicted octanol–water partition coefficient (Wildman–Crippen LogP) is 3.32. The van der Waals surface area contributed by atoms with Gasteiger partial charge in [0, 0.05) is 0 Å². The minimum Gasteiger partial charge on any atom is -0.377 e. The van der Waals surface area contributed by atoms with E-state index in [1.807, 2.05) is 13.8 Å². The van der Waals surface area contributed by atoms with Crippen molar-refractivity contribution in [2.45, 2.75) is 45.4 Å². The molecule has 0 aromatic carbocycles. The predicted molar refractivity (Wildman–Crippen MR) is 65.5 cm³/mol. The van der Waals surface area contributed by atoms with Gasteiger partial charge in [0.15, 0.2) is 5.85 Å². The van der Waals surface area contributed by atoms with E-state index >= 15 is 0 Å². The molecular formula is C11H23O4P. The molecule has 0 radical (unpaired) electrons. The lowest BCUT2D eigenvalue weighted by atomic mass is 10.4. The van der Waals surface area contributed by atoms with Gasteiger partial charge in [-0.3, -0.25) is 4.57 Å². The zero-order chi connectivity index (χ0) is 12.4. The van der Waals surface area contributed by atoms with Gasteiger partial charge in [-0.25, -0.2) is 0 Å². The van der Waals surface area contributed by atoms with Crippen LogP contribution in [0.3, 0.4) is 0 Å². The monoisotopic (exact) mass is 250 g/mol. The second-order valence-electron chi connectivity index (χ2n) is 3.56. The van der Waals surface area contributed by atoms with Gasteiger partial charge in [0.25, 0.3) is 0 Å². The van der Waals surface area contributed by atoms with Crippen LogP contribution < -0.4 is 0 Å². The molecule has 0 fully saturated rings. The summed E-state index contributed by atoms with van der Waals surface area (Å²) in [6, 6.07) is 0. The standard InChI is InChI=1S/C11H23O4P/c1-4-7-9-14-16(13,11(12)6-3)15-10-8-5-2/h6,11-12H,3-5,7-10H2,1-2H3. The van der Waals surface area contributed by atoms with E-state index in [2.05, 4.69) is 6.58 Å². The smallest absolute Gasteiger partial charge is 0.362 e. The Morgan fingerprint density at radius 1 is 1.25 bits per heavy atom. The summed E-state index contributed by atoms with van der Waals surface area (Å²) in [5.41, 5.74) is 0. The SMILES string of the molecule is C=CC(O)P(=O)(OCCCC)OCCCC. The van der Waals surface area contributed by atoms with Crippen LogP contribution in [0.15, 0.2) is 12.7 Å². The molecule has 1 N–H and O–H groups in total. The minimum absolute atomic E-state index is 0.338. The third-order valence-corrected chi connectivity index (χ3v) is 4.02. The lowest BCUT2D eigenvalue weighted by Gasteiger charge is -2.21. The van der Waals surface area contributed by atoms with Gasteiger partial charge in [0.1, 0.15) is 0 Å². The summed E-state index contributed by atoms with van der Waals surface area (Å²) in [4.78, 5) is 0. The van der Waals surface area contributed by atoms with Gasteiger partial charge in [-0.2, -0.15) is 0 Å². The van der Waals surface area contributed by atoms with Crippen LogP contribution in [0.2, 0.25) is 0 Å². The fraction of sp³-hybridized carbons (Fsp3) is 0.818. The third-order valence-electron chi connectivity index (χ3n) is 2.07. The van der Waals surface area contributed by atoms with Gasteiger partial charge >= 0.3 is 7.60 Å². The van der Waals surface area contributed by atoms with Crippen LogP contribution in [-0.4, -0.2) is 24.2 Å². The van der Waals surface area contributed by atoms with E-state index in [1.54, 1.807) is 0 Å². The Labute approximate surface area is 98.2 Å². The molecule has 0 aromatic rings. The topological polar surface area (TPSA) is 55.8 Å². The average Bonchev–Trinajstić information content (AvgIpc) is 2.28. The van der Waals surface area contributed by atoms with Crippen molar-refractivity contribution in [1.29, 1.82) is 0 Å². The van der Waals surface area contributed by atoms with E-state index in [1.165, 1.54) is 6.08 Å². The molecule has 0 saturated carbocycles. The van der Waals surface area contributed by atoms with Crippen molar-refractivity contribution in [3.8, 4) is 0 Å². The van der Waals surface area contributed by atoms with Crippen LogP contribution in [0.25, 0.3) is 0 Å². The number of aliphatic hydroxyl groups is 1. The zero-order valence-electron chi connectivity index (χ0n) is 10.2. The summed E-state index contributed by atoms with van der Waals surface area (Å²) >= 11 is 0. The molecule has 0 aromatic heterocycles. The van der Waals surface area contributed by atoms with E-state index in [-0.39, 0.29) is 0 Å². The van der Waals surface area contributed by atoms with Crippen molar-refractivity contribution < 1.29 is 18.7 Å². The number of rotatable bonds is 10. The van der Waals surface area contributed by atoms with Crippen molar-refractivity contribution in [3.63, 3.8) is 0 Å². The first kappa shape index (κ1) is 15.9. The molecule has 0 aliphatic carbocycles. The second-order valence-corrected chi connectivity index (χ2v) is 5.69. The molecule has 96 valence electrons. The van der Waals surface area contributed by atoms with Crippen molar-refractivity contribution in [2.24, 2.45) is 0 Å². The van der Waals surface area contributed by atoms with Crippen LogP contribution in [0.5, 0.6) is 0 Å². The molecule has 5 heteroatoms. The maximum Gasteiger partial charge on any atom is 0.362 e. The minimum atomic E-state index is -3.43. The van der Waals surface area contributed by atoms with E-state index in [0.29, 0.717) is 13.2 Å². The molecule has 1 unspecified atom stereocenters. The number of aliphatic hydroxyl groups excluding tert-OH is 1. The Balaban J connectivity index is 4.25. The molecule has 1 atom stereocenters. The van der Waals surface area contributed by atoms with Gasteiger partial charge in [-0.05, 0) is 12.8 Å². The van der Waals surface area contributed by atoms with Crippen LogP contribution in [-0.2, 0) is 13.6 Å². The fourth-order valence-corrected chi connectivity index (χ4v) is 2.40. The Kier molecular flexibility index (Phi) is 8.86. The summed E-state index contributed by atoms with van der Waals surface area (Å²) in [7, 11) is -3.43. The largest absolute Gasteiger partial charge is 0.377 e. The van der Waals surface area contributed by atoms with Gasteiger partial charge in [-0.15, -0.1) is 0 Å². The molecule has 0 saturated heterocycles. The van der Waals surface area contributed by atoms with Crippen LogP contribution in [0, 0.1) is 0 Å². The highest BCUT2D eigenvalue weighted by molar-refractivity contribution is 7.54. The van der Waals surface area contributed by atoms with E-state index < -0.39 is 13.4 Å². The molecule has 0 aliphatic heterocycles. The van der Waals surface area contributed by atoms with Gasteiger partial charge in [0.05, 0.1) is 13.2 Å². The third kappa shape index (κ3) is 5.80. The molecule has 0 amide bonds. The summed E-state index contributed by atoms with van der Waals surface area (Å²) in [5.74, 6) is -1.23. The van der Waals surface area contributed by atoms with E-state index in [0.717, 1.165) is 25.7 Å². The summed E-state index contributed by atoms with van der Waals surface area (Å²) in [5, 5.41) is 9.54. The maximum absolute atomic E-state index is 12.1. The van der Waals surface area contributed by atoms with E-state index in [4.69, 9.17) is 9.05 Å². The van der Waals surface area contributed by atoms with Crippen molar-refractivity contribution >= 4 is 7.60 Å². The first-order chi connectivity index (χ1) is 7.60. The van der Waals surface area contributed by atoms with Crippen molar-refractivity contribution in [2.75, 3.05) is 13.2 Å². The quantitative estimate of drug-likeness (QED) is 0.367. The summed E-state index contributed by atoms with van der Waals surface area (Å²) in [6.45, 7) is 8.10. The Morgan fingerprint density at radius 2 is 1.69 bits per heavy atom. The maximum atomic E-state index is 12.1. The highest BCUT2D eigenvalue weighted by atomic mass is 31.2. The average molecular weight is 250 g/mol. The highest BCUT2D eigenvalue weighted by Gasteiger charge is 2.32. The molecule has 0 spiro atoms. The van der Waals surface area contributed by atoms with Gasteiger partial charge in [-0.1, -0.05) is 39.3 Å². The van der Waals surface area contributed by atoms with Crippen molar-refractivity contribution in [1.82, 2.24) is 0 Å². The second kappa shape index (κ2) is 8.94. The van der Waals surface area contributed by atoms with Gasteiger partial charge in [0.2, 0.25) is 0 Å². The molecule has 4 nitrogen and oxygen atoms in total. The fourth-order valence-electron chi connectivity index (χ4n) is 0.991. The van der Waals surface area contributed by atoms with Crippen LogP contribution >= 0.6 is 7.60 Å². The Morgan fingerprint density at radius 3 is 2.00 bits per heavy atom. The van der Waals surface area contributed by atoms with Gasteiger partial charge < -0.3 is 14.2 Å². The molecule has 0 heterocycles. The van der Waals surface area contributed by atoms with Crippen LogP contribution in [0.1, 0.15) is 39.5 Å². The summed E-state index contributed by atoms with van der Waals surface area (Å²) < 4.78 is 22.5. The molecule has 0 rings (SSSR count). The number of unbranched alkanes of at least 4 members (excludes halogenated alkanes) is 2. The Bertz CT molecular complexity index is 216. The van der Waals surface area contributed by atoms with Crippen molar-refractivity contribution in [3.05, 3.63) is 12.7 Å². The first-order valence-electron chi connectivity index (χ1n) is 5.80.